The Balaban J connectivity index is 0.00000289. The normalized spacial score (nSPS) is 23.0. The predicted octanol–water partition coefficient (Wildman–Crippen LogP) is -1.07. The Labute approximate surface area is 207 Å². The molecule has 0 unspecified atom stereocenters. The van der Waals surface area contributed by atoms with Gasteiger partial charge in [-0.15, -0.1) is 0 Å². The molecule has 0 saturated carbocycles. The number of carbonyl (C=O) groups is 1. The zero-order chi connectivity index (χ0) is 22.3. The van der Waals surface area contributed by atoms with E-state index in [0.717, 1.165) is 0 Å². The summed E-state index contributed by atoms with van der Waals surface area (Å²) in [7, 11) is 4.43. The van der Waals surface area contributed by atoms with Gasteiger partial charge in [0.1, 0.15) is 0 Å². The van der Waals surface area contributed by atoms with Crippen LogP contribution in [0.3, 0.4) is 0 Å². The Morgan fingerprint density at radius 1 is 1.00 bits per heavy atom. The van der Waals surface area contributed by atoms with Crippen LogP contribution in [0.1, 0.15) is 28.7 Å². The van der Waals surface area contributed by atoms with Crippen molar-refractivity contribution in [3.8, 4) is 28.7 Å². The summed E-state index contributed by atoms with van der Waals surface area (Å²) in [6.45, 7) is -0.470. The zero-order valence-electron chi connectivity index (χ0n) is 18.3. The number of aliphatic hydroxyl groups is 2. The Hall–Kier alpha value is -2.17. The molecule has 166 valence electrons. The smallest absolute Gasteiger partial charge is 0.493 e. The summed E-state index contributed by atoms with van der Waals surface area (Å²) in [5, 5.41) is 31.0. The van der Waals surface area contributed by atoms with Crippen molar-refractivity contribution in [2.45, 2.75) is 12.0 Å². The van der Waals surface area contributed by atoms with Gasteiger partial charge < -0.3 is 39.0 Å². The van der Waals surface area contributed by atoms with Crippen molar-refractivity contribution in [3.05, 3.63) is 41.0 Å². The molecule has 0 fully saturated rings. The van der Waals surface area contributed by atoms with E-state index in [0.29, 0.717) is 45.4 Å². The monoisotopic (exact) mass is 455 g/mol. The fourth-order valence-corrected chi connectivity index (χ4v) is 4.57. The first-order valence-electron chi connectivity index (χ1n) is 9.70. The molecular formula is C22H24NaO9+. The van der Waals surface area contributed by atoms with Crippen molar-refractivity contribution in [2.75, 3.05) is 34.7 Å². The minimum atomic E-state index is -1.19. The maximum Gasteiger partial charge on any atom is 1.00 e. The van der Waals surface area contributed by atoms with E-state index in [1.807, 2.05) is 0 Å². The number of carboxylic acid groups (broad SMARTS) is 1. The van der Waals surface area contributed by atoms with Crippen LogP contribution >= 0.6 is 0 Å². The first-order chi connectivity index (χ1) is 14.9. The molecule has 1 heterocycles. The van der Waals surface area contributed by atoms with E-state index in [2.05, 4.69) is 0 Å². The molecule has 4 rings (SSSR count). The average molecular weight is 455 g/mol. The van der Waals surface area contributed by atoms with Crippen molar-refractivity contribution in [1.82, 2.24) is 0 Å². The van der Waals surface area contributed by atoms with E-state index >= 15 is 0 Å². The van der Waals surface area contributed by atoms with Crippen LogP contribution in [0.15, 0.2) is 24.3 Å². The molecule has 0 radical (unpaired) electrons. The van der Waals surface area contributed by atoms with Gasteiger partial charge in [-0.05, 0) is 41.0 Å². The molecule has 1 aliphatic carbocycles. The first kappa shape index (κ1) is 24.5. The molecule has 32 heavy (non-hydrogen) atoms. The van der Waals surface area contributed by atoms with Crippen molar-refractivity contribution >= 4 is 5.97 Å². The second-order valence-electron chi connectivity index (χ2n) is 7.43. The summed E-state index contributed by atoms with van der Waals surface area (Å²) in [5.41, 5.74) is 1.63. The minimum absolute atomic E-state index is 0. The van der Waals surface area contributed by atoms with Crippen LogP contribution in [0.5, 0.6) is 28.7 Å². The number of carboxylic acids is 1. The first-order valence-corrected chi connectivity index (χ1v) is 9.70. The molecule has 2 aliphatic rings. The van der Waals surface area contributed by atoms with E-state index in [-0.39, 0.29) is 36.4 Å². The summed E-state index contributed by atoms with van der Waals surface area (Å²) in [5.74, 6) is -1.87. The van der Waals surface area contributed by atoms with Crippen molar-refractivity contribution in [3.63, 3.8) is 0 Å². The number of methoxy groups -OCH3 is 3. The Morgan fingerprint density at radius 2 is 1.56 bits per heavy atom. The van der Waals surface area contributed by atoms with Crippen LogP contribution in [0.2, 0.25) is 0 Å². The SMILES string of the molecule is COc1cc([C@@H]2c3cc4c(cc3[C@H](O)[C@@H](CO)[C@@H]2C(=O)O)OCO4)cc(OC)c1OC.[Na+]. The van der Waals surface area contributed by atoms with Crippen molar-refractivity contribution in [1.29, 1.82) is 0 Å². The number of benzene rings is 2. The van der Waals surface area contributed by atoms with Gasteiger partial charge in [-0.3, -0.25) is 4.79 Å². The molecule has 9 nitrogen and oxygen atoms in total. The number of rotatable bonds is 6. The summed E-state index contributed by atoms with van der Waals surface area (Å²) in [6, 6.07) is 6.71. The molecule has 0 aromatic heterocycles. The second kappa shape index (κ2) is 9.76. The number of ether oxygens (including phenoxy) is 5. The van der Waals surface area contributed by atoms with E-state index in [1.54, 1.807) is 24.3 Å². The van der Waals surface area contributed by atoms with Crippen LogP contribution in [0.4, 0.5) is 0 Å². The minimum Gasteiger partial charge on any atom is -0.493 e. The molecule has 2 aromatic rings. The van der Waals surface area contributed by atoms with E-state index in [4.69, 9.17) is 23.7 Å². The molecular weight excluding hydrogens is 431 g/mol. The number of hydrogen-bond acceptors (Lipinski definition) is 8. The standard InChI is InChI=1S/C22H24O9.Na/c1-27-16-4-10(5-17(28-2)21(16)29-3)18-11-6-14-15(31-9-30-14)7-12(11)20(24)13(8-23)19(18)22(25)26;/h4-7,13,18-20,23-24H,8-9H2,1-3H3,(H,25,26);/q;+1/t13-,18+,19-,20-;/m0./s1. The number of aliphatic hydroxyl groups excluding tert-OH is 2. The molecule has 0 spiro atoms. The summed E-state index contributed by atoms with van der Waals surface area (Å²) in [6.07, 6.45) is -1.19. The molecule has 4 atom stereocenters. The average Bonchev–Trinajstić information content (AvgIpc) is 3.24. The molecule has 3 N–H and O–H groups in total. The van der Waals surface area contributed by atoms with Gasteiger partial charge in [0.25, 0.3) is 0 Å². The molecule has 2 aromatic carbocycles. The van der Waals surface area contributed by atoms with Crippen LogP contribution in [-0.4, -0.2) is 56.0 Å². The van der Waals surface area contributed by atoms with Gasteiger partial charge in [-0.2, -0.15) is 0 Å². The molecule has 10 heteroatoms. The molecule has 1 aliphatic heterocycles. The quantitative estimate of drug-likeness (QED) is 0.468. The maximum atomic E-state index is 12.4. The van der Waals surface area contributed by atoms with Gasteiger partial charge in [0.05, 0.1) is 33.4 Å². The van der Waals surface area contributed by atoms with Gasteiger partial charge in [-0.25, -0.2) is 0 Å². The van der Waals surface area contributed by atoms with E-state index in [9.17, 15) is 20.1 Å². The predicted molar refractivity (Wildman–Crippen MR) is 107 cm³/mol. The van der Waals surface area contributed by atoms with Crippen molar-refractivity contribution in [2.24, 2.45) is 11.8 Å². The third-order valence-electron chi connectivity index (χ3n) is 6.00. The fourth-order valence-electron chi connectivity index (χ4n) is 4.57. The third-order valence-corrected chi connectivity index (χ3v) is 6.00. The van der Waals surface area contributed by atoms with Gasteiger partial charge >= 0.3 is 35.5 Å². The van der Waals surface area contributed by atoms with Gasteiger partial charge in [0.15, 0.2) is 23.0 Å². The van der Waals surface area contributed by atoms with Crippen LogP contribution in [-0.2, 0) is 4.79 Å². The maximum absolute atomic E-state index is 12.4. The zero-order valence-corrected chi connectivity index (χ0v) is 20.3. The van der Waals surface area contributed by atoms with Crippen LogP contribution in [0, 0.1) is 11.8 Å². The summed E-state index contributed by atoms with van der Waals surface area (Å²) >= 11 is 0. The van der Waals surface area contributed by atoms with Gasteiger partial charge in [-0.1, -0.05) is 0 Å². The molecule has 0 amide bonds. The van der Waals surface area contributed by atoms with Crippen LogP contribution < -0.4 is 53.2 Å². The molecule has 0 bridgehead atoms. The number of hydrogen-bond donors (Lipinski definition) is 3. The summed E-state index contributed by atoms with van der Waals surface area (Å²) < 4.78 is 27.2. The fraction of sp³-hybridized carbons (Fsp3) is 0.409. The van der Waals surface area contributed by atoms with E-state index in [1.165, 1.54) is 21.3 Å². The van der Waals surface area contributed by atoms with Gasteiger partial charge in [0, 0.05) is 18.4 Å². The second-order valence-corrected chi connectivity index (χ2v) is 7.43. The third kappa shape index (κ3) is 3.88. The number of aliphatic carboxylic acids is 1. The topological polar surface area (TPSA) is 124 Å². The Morgan fingerprint density at radius 3 is 2.03 bits per heavy atom. The van der Waals surface area contributed by atoms with Crippen LogP contribution in [0.25, 0.3) is 0 Å². The number of fused-ring (bicyclic) bond motifs is 2. The Kier molecular flexibility index (Phi) is 7.46. The largest absolute Gasteiger partial charge is 1.00 e. The Bertz CT molecular complexity index is 984. The van der Waals surface area contributed by atoms with Gasteiger partial charge in [0.2, 0.25) is 12.5 Å². The molecule has 0 saturated heterocycles. The summed E-state index contributed by atoms with van der Waals surface area (Å²) in [4.78, 5) is 12.4. The van der Waals surface area contributed by atoms with Crippen molar-refractivity contribution < 1.29 is 73.4 Å². The van der Waals surface area contributed by atoms with E-state index < -0.39 is 36.4 Å².